The maximum absolute atomic E-state index is 12.3. The molecule has 2 aromatic rings. The molecule has 0 atom stereocenters. The second kappa shape index (κ2) is 5.79. The number of fused-ring (bicyclic) bond motifs is 1. The fourth-order valence-corrected chi connectivity index (χ4v) is 3.96. The summed E-state index contributed by atoms with van der Waals surface area (Å²) in [5.74, 6) is 0.862. The lowest BCUT2D eigenvalue weighted by Crippen LogP contribution is -2.33. The van der Waals surface area contributed by atoms with E-state index in [1.54, 1.807) is 16.9 Å². The van der Waals surface area contributed by atoms with Crippen LogP contribution in [0.4, 0.5) is 5.82 Å². The Bertz CT molecular complexity index is 703. The molecule has 0 amide bonds. The standard InChI is InChI=1S/C15H19N5OS/c21-15-8-10-2-1-3-13(10)18-20(15)12-6-4-11(5-7-12)17-14-9-16-22-19-14/h8-9,11-12H,1-7H2,(H,17,19). The predicted octanol–water partition coefficient (Wildman–Crippen LogP) is 2.18. The second-order valence-corrected chi connectivity index (χ2v) is 6.75. The fourth-order valence-electron chi connectivity index (χ4n) is 3.58. The quantitative estimate of drug-likeness (QED) is 0.939. The van der Waals surface area contributed by atoms with Gasteiger partial charge < -0.3 is 5.32 Å². The molecule has 7 heteroatoms. The van der Waals surface area contributed by atoms with Gasteiger partial charge in [0.2, 0.25) is 0 Å². The molecule has 6 nitrogen and oxygen atoms in total. The molecule has 2 aliphatic rings. The van der Waals surface area contributed by atoms with Crippen molar-refractivity contribution in [2.24, 2.45) is 0 Å². The lowest BCUT2D eigenvalue weighted by Gasteiger charge is -2.29. The first kappa shape index (κ1) is 13.9. The molecule has 0 bridgehead atoms. The van der Waals surface area contributed by atoms with E-state index in [2.05, 4.69) is 19.2 Å². The average molecular weight is 317 g/mol. The van der Waals surface area contributed by atoms with Crippen molar-refractivity contribution in [1.82, 2.24) is 18.5 Å². The molecular formula is C15H19N5OS. The van der Waals surface area contributed by atoms with E-state index in [0.717, 1.165) is 62.0 Å². The molecule has 1 fully saturated rings. The Morgan fingerprint density at radius 2 is 2.09 bits per heavy atom. The van der Waals surface area contributed by atoms with E-state index in [9.17, 15) is 4.79 Å². The predicted molar refractivity (Wildman–Crippen MR) is 85.3 cm³/mol. The number of aromatic nitrogens is 4. The van der Waals surface area contributed by atoms with E-state index < -0.39 is 0 Å². The zero-order chi connectivity index (χ0) is 14.9. The molecule has 0 saturated heterocycles. The normalized spacial score (nSPS) is 24.2. The number of nitrogens with zero attached hydrogens (tertiary/aromatic N) is 4. The third kappa shape index (κ3) is 2.65. The van der Waals surface area contributed by atoms with Crippen LogP contribution in [0.5, 0.6) is 0 Å². The Labute approximate surface area is 132 Å². The first-order valence-electron chi connectivity index (χ1n) is 7.95. The fraction of sp³-hybridized carbons (Fsp3) is 0.600. The highest BCUT2D eigenvalue weighted by molar-refractivity contribution is 6.99. The van der Waals surface area contributed by atoms with Crippen LogP contribution in [0.25, 0.3) is 0 Å². The first-order chi connectivity index (χ1) is 10.8. The molecule has 0 aliphatic heterocycles. The van der Waals surface area contributed by atoms with Crippen LogP contribution in [0.1, 0.15) is 49.4 Å². The molecule has 2 aromatic heterocycles. The summed E-state index contributed by atoms with van der Waals surface area (Å²) in [6.07, 6.45) is 8.97. The molecule has 1 N–H and O–H groups in total. The molecular weight excluding hydrogens is 298 g/mol. The Morgan fingerprint density at radius 3 is 2.86 bits per heavy atom. The molecule has 0 radical (unpaired) electrons. The van der Waals surface area contributed by atoms with Crippen LogP contribution in [0.2, 0.25) is 0 Å². The molecule has 0 unspecified atom stereocenters. The molecule has 116 valence electrons. The van der Waals surface area contributed by atoms with E-state index in [-0.39, 0.29) is 11.6 Å². The van der Waals surface area contributed by atoms with Gasteiger partial charge in [-0.2, -0.15) is 13.8 Å². The van der Waals surface area contributed by atoms with Gasteiger partial charge in [-0.1, -0.05) is 0 Å². The minimum Gasteiger partial charge on any atom is -0.365 e. The number of nitrogens with one attached hydrogen (secondary N) is 1. The van der Waals surface area contributed by atoms with Crippen LogP contribution >= 0.6 is 11.7 Å². The topological polar surface area (TPSA) is 72.7 Å². The second-order valence-electron chi connectivity index (χ2n) is 6.20. The van der Waals surface area contributed by atoms with Crippen LogP contribution in [-0.4, -0.2) is 24.6 Å². The Hall–Kier alpha value is -1.76. The van der Waals surface area contributed by atoms with Crippen molar-refractivity contribution in [3.63, 3.8) is 0 Å². The summed E-state index contributed by atoms with van der Waals surface area (Å²) in [7, 11) is 0. The van der Waals surface area contributed by atoms with Crippen molar-refractivity contribution >= 4 is 17.5 Å². The third-order valence-electron chi connectivity index (χ3n) is 4.74. The summed E-state index contributed by atoms with van der Waals surface area (Å²) in [4.78, 5) is 12.3. The number of hydrogen-bond donors (Lipinski definition) is 1. The zero-order valence-electron chi connectivity index (χ0n) is 12.4. The highest BCUT2D eigenvalue weighted by Crippen LogP contribution is 2.29. The van der Waals surface area contributed by atoms with Gasteiger partial charge in [-0.05, 0) is 50.5 Å². The maximum atomic E-state index is 12.3. The van der Waals surface area contributed by atoms with Gasteiger partial charge in [0.25, 0.3) is 5.56 Å². The molecule has 22 heavy (non-hydrogen) atoms. The summed E-state index contributed by atoms with van der Waals surface area (Å²) in [6.45, 7) is 0. The molecule has 0 aromatic carbocycles. The summed E-state index contributed by atoms with van der Waals surface area (Å²) >= 11 is 1.22. The zero-order valence-corrected chi connectivity index (χ0v) is 13.2. The van der Waals surface area contributed by atoms with E-state index in [1.165, 1.54) is 11.7 Å². The largest absolute Gasteiger partial charge is 0.365 e. The van der Waals surface area contributed by atoms with Gasteiger partial charge in [0.1, 0.15) is 0 Å². The lowest BCUT2D eigenvalue weighted by molar-refractivity contribution is 0.302. The van der Waals surface area contributed by atoms with Crippen molar-refractivity contribution in [2.45, 2.75) is 57.0 Å². The number of hydrogen-bond acceptors (Lipinski definition) is 6. The van der Waals surface area contributed by atoms with E-state index >= 15 is 0 Å². The Kier molecular flexibility index (Phi) is 3.65. The SMILES string of the molecule is O=c1cc2c(nn1C1CCC(Nc3cnsn3)CC1)CCC2. The molecule has 2 heterocycles. The average Bonchev–Trinajstić information content (AvgIpc) is 3.18. The van der Waals surface area contributed by atoms with Gasteiger partial charge in [-0.15, -0.1) is 0 Å². The van der Waals surface area contributed by atoms with Gasteiger partial charge in [0.05, 0.1) is 29.7 Å². The summed E-state index contributed by atoms with van der Waals surface area (Å²) in [5.41, 5.74) is 2.36. The lowest BCUT2D eigenvalue weighted by atomic mass is 9.91. The minimum atomic E-state index is 0.0701. The summed E-state index contributed by atoms with van der Waals surface area (Å²) in [5, 5.41) is 8.06. The highest BCUT2D eigenvalue weighted by atomic mass is 32.1. The molecule has 0 spiro atoms. The third-order valence-corrected chi connectivity index (χ3v) is 5.22. The van der Waals surface area contributed by atoms with E-state index in [4.69, 9.17) is 0 Å². The summed E-state index contributed by atoms with van der Waals surface area (Å²) < 4.78 is 9.94. The number of aryl methyl sites for hydroxylation is 2. The van der Waals surface area contributed by atoms with Crippen LogP contribution < -0.4 is 10.9 Å². The van der Waals surface area contributed by atoms with Crippen LogP contribution in [0.3, 0.4) is 0 Å². The van der Waals surface area contributed by atoms with Crippen LogP contribution in [0, 0.1) is 0 Å². The van der Waals surface area contributed by atoms with Gasteiger partial charge >= 0.3 is 0 Å². The van der Waals surface area contributed by atoms with Crippen molar-refractivity contribution in [3.8, 4) is 0 Å². The van der Waals surface area contributed by atoms with Crippen molar-refractivity contribution in [2.75, 3.05) is 5.32 Å². The molecule has 1 saturated carbocycles. The van der Waals surface area contributed by atoms with Crippen molar-refractivity contribution in [3.05, 3.63) is 33.9 Å². The van der Waals surface area contributed by atoms with Crippen LogP contribution in [0.15, 0.2) is 17.1 Å². The first-order valence-corrected chi connectivity index (χ1v) is 8.68. The van der Waals surface area contributed by atoms with Gasteiger partial charge in [0.15, 0.2) is 5.82 Å². The number of rotatable bonds is 3. The van der Waals surface area contributed by atoms with Gasteiger partial charge in [-0.25, -0.2) is 4.68 Å². The van der Waals surface area contributed by atoms with Crippen LogP contribution in [-0.2, 0) is 12.8 Å². The van der Waals surface area contributed by atoms with Gasteiger partial charge in [-0.3, -0.25) is 4.79 Å². The van der Waals surface area contributed by atoms with E-state index in [0.29, 0.717) is 6.04 Å². The molecule has 2 aliphatic carbocycles. The minimum absolute atomic E-state index is 0.0701. The number of anilines is 1. The Balaban J connectivity index is 1.44. The molecule has 4 rings (SSSR count). The van der Waals surface area contributed by atoms with Crippen molar-refractivity contribution in [1.29, 1.82) is 0 Å². The highest BCUT2D eigenvalue weighted by Gasteiger charge is 2.25. The smallest absolute Gasteiger partial charge is 0.267 e. The Morgan fingerprint density at radius 1 is 1.23 bits per heavy atom. The maximum Gasteiger partial charge on any atom is 0.267 e. The van der Waals surface area contributed by atoms with Crippen molar-refractivity contribution < 1.29 is 0 Å². The van der Waals surface area contributed by atoms with Gasteiger partial charge in [0, 0.05) is 12.1 Å². The summed E-state index contributed by atoms with van der Waals surface area (Å²) in [6, 6.07) is 2.47. The van der Waals surface area contributed by atoms with E-state index in [1.807, 2.05) is 0 Å². The monoisotopic (exact) mass is 317 g/mol.